The minimum atomic E-state index is -0.713. The Kier molecular flexibility index (Phi) is 8.07. The van der Waals surface area contributed by atoms with Crippen molar-refractivity contribution in [3.63, 3.8) is 0 Å². The summed E-state index contributed by atoms with van der Waals surface area (Å²) in [5.74, 6) is 7.16. The first-order valence-electron chi connectivity index (χ1n) is 12.5. The van der Waals surface area contributed by atoms with Gasteiger partial charge in [-0.15, -0.1) is 0 Å². The van der Waals surface area contributed by atoms with Crippen LogP contribution in [0.4, 0.5) is 0 Å². The number of carboxylic acid groups (broad SMARTS) is 1. The van der Waals surface area contributed by atoms with E-state index in [0.717, 1.165) is 17.3 Å². The first-order chi connectivity index (χ1) is 17.4. The highest BCUT2D eigenvalue weighted by molar-refractivity contribution is 5.86. The van der Waals surface area contributed by atoms with E-state index in [1.165, 1.54) is 11.9 Å². The van der Waals surface area contributed by atoms with E-state index in [9.17, 15) is 9.90 Å². The first-order valence-corrected chi connectivity index (χ1v) is 12.5. The van der Waals surface area contributed by atoms with Crippen LogP contribution >= 0.6 is 0 Å². The molecule has 4 rings (SSSR count). The second kappa shape index (κ2) is 11.4. The largest absolute Gasteiger partial charge is 0.490 e. The summed E-state index contributed by atoms with van der Waals surface area (Å²) < 4.78 is 11.6. The fraction of sp³-hybridized carbons (Fsp3) is 0.414. The molecule has 1 aliphatic rings. The maximum absolute atomic E-state index is 11.5. The Balaban J connectivity index is 1.72. The molecule has 0 amide bonds. The van der Waals surface area contributed by atoms with E-state index in [1.807, 2.05) is 44.2 Å². The number of carbonyl (C=O) groups is 1. The number of hydrogen-bond acceptors (Lipinski definition) is 6. The quantitative estimate of drug-likeness (QED) is 0.466. The van der Waals surface area contributed by atoms with E-state index < -0.39 is 11.5 Å². The molecular weight excluding hydrogens is 454 g/mol. The lowest BCUT2D eigenvalue weighted by Gasteiger charge is -2.41. The van der Waals surface area contributed by atoms with E-state index in [4.69, 9.17) is 9.47 Å². The Hall–Kier alpha value is -3.63. The van der Waals surface area contributed by atoms with E-state index in [-0.39, 0.29) is 5.92 Å². The van der Waals surface area contributed by atoms with Crippen LogP contribution in [0.3, 0.4) is 0 Å². The second-order valence-corrected chi connectivity index (χ2v) is 9.19. The topological polar surface area (TPSA) is 84.8 Å². The monoisotopic (exact) mass is 487 g/mol. The maximum atomic E-state index is 11.5. The first kappa shape index (κ1) is 25.5. The van der Waals surface area contributed by atoms with Gasteiger partial charge in [0.25, 0.3) is 0 Å². The Morgan fingerprint density at radius 2 is 1.75 bits per heavy atom. The normalized spacial score (nSPS) is 16.1. The Bertz CT molecular complexity index is 1260. The highest BCUT2D eigenvalue weighted by atomic mass is 16.5. The van der Waals surface area contributed by atoms with Crippen LogP contribution < -0.4 is 9.47 Å². The Morgan fingerprint density at radius 1 is 1.08 bits per heavy atom. The summed E-state index contributed by atoms with van der Waals surface area (Å²) in [7, 11) is 0. The predicted octanol–water partition coefficient (Wildman–Crippen LogP) is 4.58. The zero-order valence-electron chi connectivity index (χ0n) is 21.2. The molecule has 7 heteroatoms. The van der Waals surface area contributed by atoms with Gasteiger partial charge in [-0.3, -0.25) is 9.69 Å². The molecule has 188 valence electrons. The summed E-state index contributed by atoms with van der Waals surface area (Å²) in [6, 6.07) is 14.1. The number of aliphatic carboxylic acids is 1. The van der Waals surface area contributed by atoms with Gasteiger partial charge in [0.2, 0.25) is 0 Å². The van der Waals surface area contributed by atoms with Crippen molar-refractivity contribution in [2.24, 2.45) is 5.92 Å². The predicted molar refractivity (Wildman–Crippen MR) is 139 cm³/mol. The van der Waals surface area contributed by atoms with Gasteiger partial charge in [0, 0.05) is 31.0 Å². The third kappa shape index (κ3) is 5.77. The van der Waals surface area contributed by atoms with Crippen molar-refractivity contribution in [2.75, 3.05) is 26.3 Å². The molecule has 3 aromatic rings. The molecule has 7 nitrogen and oxygen atoms in total. The third-order valence-corrected chi connectivity index (χ3v) is 6.68. The molecule has 36 heavy (non-hydrogen) atoms. The fourth-order valence-corrected chi connectivity index (χ4v) is 4.74. The Morgan fingerprint density at radius 3 is 2.39 bits per heavy atom. The van der Waals surface area contributed by atoms with Crippen LogP contribution in [0.2, 0.25) is 0 Å². The van der Waals surface area contributed by atoms with E-state index in [2.05, 4.69) is 45.8 Å². The molecule has 2 aromatic carbocycles. The summed E-state index contributed by atoms with van der Waals surface area (Å²) in [6.07, 6.45) is 3.49. The van der Waals surface area contributed by atoms with Crippen molar-refractivity contribution < 1.29 is 19.4 Å². The summed E-state index contributed by atoms with van der Waals surface area (Å²) in [5, 5.41) is 10.3. The number of rotatable bonds is 8. The molecule has 1 fully saturated rings. The number of aromatic nitrogens is 2. The number of ether oxygens (including phenoxy) is 2. The molecule has 1 atom stereocenters. The van der Waals surface area contributed by atoms with Gasteiger partial charge in [0.15, 0.2) is 11.5 Å². The van der Waals surface area contributed by atoms with Crippen LogP contribution in [-0.4, -0.2) is 57.8 Å². The molecule has 0 radical (unpaired) electrons. The zero-order valence-corrected chi connectivity index (χ0v) is 21.2. The zero-order chi connectivity index (χ0) is 25.5. The molecule has 1 N–H and O–H groups in total. The van der Waals surface area contributed by atoms with Crippen molar-refractivity contribution in [3.8, 4) is 23.3 Å². The molecule has 1 aliphatic heterocycles. The van der Waals surface area contributed by atoms with Gasteiger partial charge < -0.3 is 14.6 Å². The minimum Gasteiger partial charge on any atom is -0.490 e. The summed E-state index contributed by atoms with van der Waals surface area (Å²) in [4.78, 5) is 22.7. The fourth-order valence-electron chi connectivity index (χ4n) is 4.74. The van der Waals surface area contributed by atoms with Crippen molar-refractivity contribution in [3.05, 3.63) is 60.0 Å². The lowest BCUT2D eigenvalue weighted by Crippen LogP contribution is -2.51. The maximum Gasteiger partial charge on any atom is 0.306 e. The van der Waals surface area contributed by atoms with Gasteiger partial charge in [-0.05, 0) is 51.2 Å². The molecule has 0 unspecified atom stereocenters. The van der Waals surface area contributed by atoms with Gasteiger partial charge in [0.1, 0.15) is 12.0 Å². The van der Waals surface area contributed by atoms with Crippen LogP contribution in [0.25, 0.3) is 10.9 Å². The number of hydrogen-bond donors (Lipinski definition) is 1. The average molecular weight is 488 g/mol. The molecule has 0 saturated carbocycles. The highest BCUT2D eigenvalue weighted by Gasteiger charge is 2.35. The van der Waals surface area contributed by atoms with Crippen LogP contribution in [0.5, 0.6) is 11.5 Å². The average Bonchev–Trinajstić information content (AvgIpc) is 2.89. The van der Waals surface area contributed by atoms with Crippen molar-refractivity contribution >= 4 is 16.9 Å². The van der Waals surface area contributed by atoms with Crippen LogP contribution in [-0.2, 0) is 11.2 Å². The van der Waals surface area contributed by atoms with Gasteiger partial charge in [-0.1, -0.05) is 36.3 Å². The molecule has 2 heterocycles. The summed E-state index contributed by atoms with van der Waals surface area (Å²) in [5.41, 5.74) is 2.06. The Labute approximate surface area is 212 Å². The number of carboxylic acids is 1. The molecule has 1 saturated heterocycles. The van der Waals surface area contributed by atoms with Crippen molar-refractivity contribution in [1.82, 2.24) is 14.9 Å². The molecule has 0 bridgehead atoms. The second-order valence-electron chi connectivity index (χ2n) is 9.19. The van der Waals surface area contributed by atoms with Gasteiger partial charge in [-0.25, -0.2) is 9.97 Å². The third-order valence-electron chi connectivity index (χ3n) is 6.68. The number of benzene rings is 2. The van der Waals surface area contributed by atoms with E-state index in [0.29, 0.717) is 56.3 Å². The SMILES string of the molecule is CCOc1cc2ncnc(C#C[C@](C)(Cc3ccccc3)N3CCC(C(=O)O)CC3)c2cc1OCC. The molecule has 0 aliphatic carbocycles. The van der Waals surface area contributed by atoms with Crippen LogP contribution in [0.1, 0.15) is 44.9 Å². The van der Waals surface area contributed by atoms with Crippen LogP contribution in [0, 0.1) is 17.8 Å². The minimum absolute atomic E-state index is 0.294. The lowest BCUT2D eigenvalue weighted by molar-refractivity contribution is -0.143. The molecule has 1 aromatic heterocycles. The molecular formula is C29H33N3O4. The smallest absolute Gasteiger partial charge is 0.306 e. The summed E-state index contributed by atoms with van der Waals surface area (Å²) in [6.45, 7) is 8.42. The van der Waals surface area contributed by atoms with Gasteiger partial charge >= 0.3 is 5.97 Å². The number of likely N-dealkylation sites (tertiary alicyclic amines) is 1. The summed E-state index contributed by atoms with van der Waals surface area (Å²) >= 11 is 0. The van der Waals surface area contributed by atoms with E-state index >= 15 is 0 Å². The van der Waals surface area contributed by atoms with Gasteiger partial charge in [0.05, 0.1) is 30.2 Å². The van der Waals surface area contributed by atoms with Crippen LogP contribution in [0.15, 0.2) is 48.8 Å². The van der Waals surface area contributed by atoms with Crippen molar-refractivity contribution in [1.29, 1.82) is 0 Å². The highest BCUT2D eigenvalue weighted by Crippen LogP contribution is 2.33. The number of piperidine rings is 1. The lowest BCUT2D eigenvalue weighted by atomic mass is 9.87. The van der Waals surface area contributed by atoms with Crippen molar-refractivity contribution in [2.45, 2.75) is 45.6 Å². The number of fused-ring (bicyclic) bond motifs is 1. The van der Waals surface area contributed by atoms with E-state index in [1.54, 1.807) is 0 Å². The van der Waals surface area contributed by atoms with Gasteiger partial charge in [-0.2, -0.15) is 0 Å². The molecule has 0 spiro atoms. The number of nitrogens with zero attached hydrogens (tertiary/aromatic N) is 3. The standard InChI is InChI=1S/C29H33N3O4/c1-4-35-26-17-23-24(30-20-31-25(23)18-27(26)36-5-2)11-14-29(3,19-21-9-7-6-8-10-21)32-15-12-22(13-16-32)28(33)34/h6-10,17-18,20,22H,4-5,12-13,15-16,19H2,1-3H3,(H,33,34)/t29-/m1/s1.